The first-order valence-electron chi connectivity index (χ1n) is 7.57. The molecule has 1 unspecified atom stereocenters. The van der Waals surface area contributed by atoms with Gasteiger partial charge in [0.05, 0.1) is 0 Å². The number of hydrazine groups is 1. The molecule has 0 amide bonds. The number of benzene rings is 1. The second kappa shape index (κ2) is 6.06. The molecule has 0 aromatic heterocycles. The molecule has 2 nitrogen and oxygen atoms in total. The van der Waals surface area contributed by atoms with Crippen LogP contribution in [0.5, 0.6) is 0 Å². The maximum absolute atomic E-state index is 5.76. The van der Waals surface area contributed by atoms with E-state index in [1.165, 1.54) is 43.2 Å². The van der Waals surface area contributed by atoms with Gasteiger partial charge in [-0.2, -0.15) is 0 Å². The van der Waals surface area contributed by atoms with Crippen LogP contribution in [0.3, 0.4) is 0 Å². The fourth-order valence-electron chi connectivity index (χ4n) is 3.10. The van der Waals surface area contributed by atoms with E-state index in [0.717, 1.165) is 5.92 Å². The van der Waals surface area contributed by atoms with Crippen LogP contribution in [0, 0.1) is 5.92 Å². The Morgan fingerprint density at radius 2 is 1.74 bits per heavy atom. The zero-order chi connectivity index (χ0) is 13.9. The van der Waals surface area contributed by atoms with E-state index in [-0.39, 0.29) is 5.41 Å². The van der Waals surface area contributed by atoms with Crippen molar-refractivity contribution in [3.8, 4) is 0 Å². The Hall–Kier alpha value is -0.860. The van der Waals surface area contributed by atoms with Gasteiger partial charge in [0.15, 0.2) is 0 Å². The molecule has 106 valence electrons. The van der Waals surface area contributed by atoms with Crippen LogP contribution in [-0.2, 0) is 5.41 Å². The molecule has 0 saturated heterocycles. The molecule has 2 rings (SSSR count). The lowest BCUT2D eigenvalue weighted by atomic mass is 9.85. The van der Waals surface area contributed by atoms with Gasteiger partial charge >= 0.3 is 0 Å². The van der Waals surface area contributed by atoms with Crippen molar-refractivity contribution in [3.05, 3.63) is 35.4 Å². The lowest BCUT2D eigenvalue weighted by Crippen LogP contribution is -2.29. The monoisotopic (exact) mass is 260 g/mol. The fourth-order valence-corrected chi connectivity index (χ4v) is 3.10. The normalized spacial score (nSPS) is 18.7. The van der Waals surface area contributed by atoms with Gasteiger partial charge in [0.2, 0.25) is 0 Å². The summed E-state index contributed by atoms with van der Waals surface area (Å²) >= 11 is 0. The molecule has 0 spiro atoms. The maximum Gasteiger partial charge on any atom is 0.0462 e. The maximum atomic E-state index is 5.76. The van der Waals surface area contributed by atoms with E-state index in [2.05, 4.69) is 50.5 Å². The predicted molar refractivity (Wildman–Crippen MR) is 81.8 cm³/mol. The van der Waals surface area contributed by atoms with Crippen molar-refractivity contribution < 1.29 is 0 Å². The Balaban J connectivity index is 2.05. The molecule has 2 heteroatoms. The van der Waals surface area contributed by atoms with E-state index >= 15 is 0 Å². The van der Waals surface area contributed by atoms with E-state index in [9.17, 15) is 0 Å². The van der Waals surface area contributed by atoms with Gasteiger partial charge in [0.1, 0.15) is 0 Å². The van der Waals surface area contributed by atoms with Crippen molar-refractivity contribution in [2.75, 3.05) is 0 Å². The third-order valence-corrected chi connectivity index (χ3v) is 4.42. The van der Waals surface area contributed by atoms with Gasteiger partial charge in [0.25, 0.3) is 0 Å². The molecule has 0 bridgehead atoms. The highest BCUT2D eigenvalue weighted by Crippen LogP contribution is 2.33. The summed E-state index contributed by atoms with van der Waals surface area (Å²) < 4.78 is 0. The Kier molecular flexibility index (Phi) is 4.64. The molecule has 1 saturated carbocycles. The third-order valence-electron chi connectivity index (χ3n) is 4.42. The zero-order valence-corrected chi connectivity index (χ0v) is 12.6. The van der Waals surface area contributed by atoms with E-state index in [1.54, 1.807) is 0 Å². The number of hydrogen-bond donors (Lipinski definition) is 2. The topological polar surface area (TPSA) is 38.0 Å². The van der Waals surface area contributed by atoms with E-state index in [1.807, 2.05) is 0 Å². The minimum atomic E-state index is 0.218. The van der Waals surface area contributed by atoms with Crippen molar-refractivity contribution in [2.45, 2.75) is 64.3 Å². The summed E-state index contributed by atoms with van der Waals surface area (Å²) in [6, 6.07) is 9.26. The summed E-state index contributed by atoms with van der Waals surface area (Å²) in [7, 11) is 0. The van der Waals surface area contributed by atoms with E-state index < -0.39 is 0 Å². The van der Waals surface area contributed by atoms with E-state index in [4.69, 9.17) is 5.84 Å². The third kappa shape index (κ3) is 3.80. The number of hydrogen-bond acceptors (Lipinski definition) is 2. The summed E-state index contributed by atoms with van der Waals surface area (Å²) in [5.74, 6) is 6.61. The van der Waals surface area contributed by atoms with Crippen molar-refractivity contribution in [1.82, 2.24) is 5.43 Å². The molecule has 0 heterocycles. The molecule has 1 aromatic rings. The van der Waals surface area contributed by atoms with Gasteiger partial charge in [-0.3, -0.25) is 11.3 Å². The Morgan fingerprint density at radius 1 is 1.16 bits per heavy atom. The molecule has 1 atom stereocenters. The van der Waals surface area contributed by atoms with Crippen LogP contribution in [0.25, 0.3) is 0 Å². The molecule has 1 aromatic carbocycles. The van der Waals surface area contributed by atoms with Crippen LogP contribution in [0.4, 0.5) is 0 Å². The number of rotatable bonds is 4. The second-order valence-corrected chi connectivity index (χ2v) is 6.98. The van der Waals surface area contributed by atoms with Crippen molar-refractivity contribution in [3.63, 3.8) is 0 Å². The summed E-state index contributed by atoms with van der Waals surface area (Å²) in [6.45, 7) is 6.75. The quantitative estimate of drug-likeness (QED) is 0.632. The van der Waals surface area contributed by atoms with Gasteiger partial charge in [-0.15, -0.1) is 0 Å². The molecule has 19 heavy (non-hydrogen) atoms. The van der Waals surface area contributed by atoms with Crippen LogP contribution < -0.4 is 11.3 Å². The molecule has 1 aliphatic carbocycles. The SMILES string of the molecule is CC(C)(C)c1ccc(C(CC2CCCC2)NN)cc1. The lowest BCUT2D eigenvalue weighted by Gasteiger charge is -2.23. The largest absolute Gasteiger partial charge is 0.271 e. The number of nitrogens with one attached hydrogen (secondary N) is 1. The van der Waals surface area contributed by atoms with Gasteiger partial charge in [0, 0.05) is 6.04 Å². The average molecular weight is 260 g/mol. The van der Waals surface area contributed by atoms with Gasteiger partial charge in [-0.05, 0) is 28.9 Å². The van der Waals surface area contributed by atoms with Crippen LogP contribution in [-0.4, -0.2) is 0 Å². The Bertz CT molecular complexity index is 383. The first kappa shape index (κ1) is 14.5. The van der Waals surface area contributed by atoms with Crippen molar-refractivity contribution in [2.24, 2.45) is 11.8 Å². The Labute approximate surface area is 117 Å². The summed E-state index contributed by atoms with van der Waals surface area (Å²) in [5, 5.41) is 0. The summed E-state index contributed by atoms with van der Waals surface area (Å²) in [6.07, 6.45) is 6.71. The van der Waals surface area contributed by atoms with E-state index in [0.29, 0.717) is 6.04 Å². The smallest absolute Gasteiger partial charge is 0.0462 e. The highest BCUT2D eigenvalue weighted by atomic mass is 15.2. The minimum absolute atomic E-state index is 0.218. The van der Waals surface area contributed by atoms with Gasteiger partial charge in [-0.1, -0.05) is 70.7 Å². The summed E-state index contributed by atoms with van der Waals surface area (Å²) in [4.78, 5) is 0. The first-order chi connectivity index (χ1) is 9.00. The van der Waals surface area contributed by atoms with Gasteiger partial charge < -0.3 is 0 Å². The molecule has 0 aliphatic heterocycles. The second-order valence-electron chi connectivity index (χ2n) is 6.98. The van der Waals surface area contributed by atoms with Crippen molar-refractivity contribution >= 4 is 0 Å². The molecule has 1 fully saturated rings. The van der Waals surface area contributed by atoms with Crippen molar-refractivity contribution in [1.29, 1.82) is 0 Å². The molecular formula is C17H28N2. The summed E-state index contributed by atoms with van der Waals surface area (Å²) in [5.41, 5.74) is 5.93. The molecule has 3 N–H and O–H groups in total. The minimum Gasteiger partial charge on any atom is -0.271 e. The predicted octanol–water partition coefficient (Wildman–Crippen LogP) is 4.07. The highest BCUT2D eigenvalue weighted by Gasteiger charge is 2.21. The van der Waals surface area contributed by atoms with Crippen LogP contribution in [0.2, 0.25) is 0 Å². The fraction of sp³-hybridized carbons (Fsp3) is 0.647. The molecule has 0 radical (unpaired) electrons. The molecule has 1 aliphatic rings. The van der Waals surface area contributed by atoms with Gasteiger partial charge in [-0.25, -0.2) is 0 Å². The number of nitrogens with two attached hydrogens (primary N) is 1. The van der Waals surface area contributed by atoms with Crippen LogP contribution in [0.15, 0.2) is 24.3 Å². The molecular weight excluding hydrogens is 232 g/mol. The zero-order valence-electron chi connectivity index (χ0n) is 12.6. The first-order valence-corrected chi connectivity index (χ1v) is 7.57. The van der Waals surface area contributed by atoms with Crippen LogP contribution in [0.1, 0.15) is 70.0 Å². The average Bonchev–Trinajstić information content (AvgIpc) is 2.88. The lowest BCUT2D eigenvalue weighted by molar-refractivity contribution is 0.400. The standard InChI is InChI=1S/C17H28N2/c1-17(2,3)15-10-8-14(9-11-15)16(19-18)12-13-6-4-5-7-13/h8-11,13,16,19H,4-7,12,18H2,1-3H3. The van der Waals surface area contributed by atoms with Crippen LogP contribution >= 0.6 is 0 Å². The Morgan fingerprint density at radius 3 is 2.21 bits per heavy atom. The highest BCUT2D eigenvalue weighted by molar-refractivity contribution is 5.29.